The van der Waals surface area contributed by atoms with Crippen LogP contribution in [0.4, 0.5) is 0 Å². The Kier molecular flexibility index (Phi) is 4.64. The lowest BCUT2D eigenvalue weighted by atomic mass is 10.1. The molecule has 0 heterocycles. The standard InChI is InChI=1S/C14H13BrClNO/c15-11-1-4-13(5-2-11)18-14-6-3-12(16)9-10(14)7-8-17/h1-6,9H,7-8,17H2. The SMILES string of the molecule is NCCc1cc(Cl)ccc1Oc1ccc(Br)cc1. The Morgan fingerprint density at radius 2 is 1.83 bits per heavy atom. The van der Waals surface area contributed by atoms with E-state index in [1.807, 2.05) is 42.5 Å². The first-order valence-electron chi connectivity index (χ1n) is 5.61. The molecular weight excluding hydrogens is 314 g/mol. The van der Waals surface area contributed by atoms with Crippen LogP contribution >= 0.6 is 27.5 Å². The van der Waals surface area contributed by atoms with Crippen LogP contribution in [0.1, 0.15) is 5.56 Å². The molecule has 2 aromatic rings. The first-order valence-corrected chi connectivity index (χ1v) is 6.78. The summed E-state index contributed by atoms with van der Waals surface area (Å²) in [6, 6.07) is 13.3. The number of hydrogen-bond donors (Lipinski definition) is 1. The third kappa shape index (κ3) is 3.48. The van der Waals surface area contributed by atoms with Gasteiger partial charge in [-0.1, -0.05) is 27.5 Å². The Morgan fingerprint density at radius 1 is 1.11 bits per heavy atom. The smallest absolute Gasteiger partial charge is 0.130 e. The van der Waals surface area contributed by atoms with Crippen LogP contribution in [0.15, 0.2) is 46.9 Å². The molecule has 0 aliphatic rings. The van der Waals surface area contributed by atoms with Crippen molar-refractivity contribution < 1.29 is 4.74 Å². The van der Waals surface area contributed by atoms with Gasteiger partial charge in [-0.15, -0.1) is 0 Å². The Morgan fingerprint density at radius 3 is 2.50 bits per heavy atom. The molecule has 18 heavy (non-hydrogen) atoms. The molecule has 0 aliphatic carbocycles. The molecule has 0 aromatic heterocycles. The van der Waals surface area contributed by atoms with Gasteiger partial charge in [0.25, 0.3) is 0 Å². The molecule has 2 nitrogen and oxygen atoms in total. The minimum Gasteiger partial charge on any atom is -0.457 e. The van der Waals surface area contributed by atoms with E-state index in [0.29, 0.717) is 11.6 Å². The maximum Gasteiger partial charge on any atom is 0.130 e. The predicted octanol–water partition coefficient (Wildman–Crippen LogP) is 4.40. The predicted molar refractivity (Wildman–Crippen MR) is 78.4 cm³/mol. The maximum absolute atomic E-state index is 5.97. The normalized spacial score (nSPS) is 10.4. The van der Waals surface area contributed by atoms with E-state index in [0.717, 1.165) is 28.0 Å². The summed E-state index contributed by atoms with van der Waals surface area (Å²) in [5.74, 6) is 1.59. The van der Waals surface area contributed by atoms with Gasteiger partial charge < -0.3 is 10.5 Å². The lowest BCUT2D eigenvalue weighted by molar-refractivity contribution is 0.476. The number of hydrogen-bond acceptors (Lipinski definition) is 2. The van der Waals surface area contributed by atoms with Crippen LogP contribution in [0.5, 0.6) is 11.5 Å². The first-order chi connectivity index (χ1) is 8.69. The van der Waals surface area contributed by atoms with Gasteiger partial charge in [0.1, 0.15) is 11.5 Å². The molecule has 0 bridgehead atoms. The van der Waals surface area contributed by atoms with Crippen molar-refractivity contribution in [1.29, 1.82) is 0 Å². The minimum atomic E-state index is 0.567. The molecule has 2 N–H and O–H groups in total. The van der Waals surface area contributed by atoms with E-state index >= 15 is 0 Å². The van der Waals surface area contributed by atoms with Gasteiger partial charge in [0, 0.05) is 9.50 Å². The van der Waals surface area contributed by atoms with Gasteiger partial charge in [-0.25, -0.2) is 0 Å². The molecule has 4 heteroatoms. The van der Waals surface area contributed by atoms with E-state index in [4.69, 9.17) is 22.1 Å². The van der Waals surface area contributed by atoms with Crippen molar-refractivity contribution >= 4 is 27.5 Å². The van der Waals surface area contributed by atoms with Gasteiger partial charge in [-0.05, 0) is 61.0 Å². The molecule has 0 atom stereocenters. The Hall–Kier alpha value is -1.03. The average Bonchev–Trinajstić information content (AvgIpc) is 2.36. The van der Waals surface area contributed by atoms with Crippen LogP contribution < -0.4 is 10.5 Å². The molecule has 94 valence electrons. The number of rotatable bonds is 4. The number of ether oxygens (including phenoxy) is 1. The highest BCUT2D eigenvalue weighted by atomic mass is 79.9. The number of benzene rings is 2. The minimum absolute atomic E-state index is 0.567. The topological polar surface area (TPSA) is 35.2 Å². The molecule has 0 aliphatic heterocycles. The summed E-state index contributed by atoms with van der Waals surface area (Å²) in [5.41, 5.74) is 6.61. The van der Waals surface area contributed by atoms with Gasteiger partial charge in [0.15, 0.2) is 0 Å². The van der Waals surface area contributed by atoms with Crippen molar-refractivity contribution in [2.24, 2.45) is 5.73 Å². The van der Waals surface area contributed by atoms with Crippen molar-refractivity contribution in [3.8, 4) is 11.5 Å². The summed E-state index contributed by atoms with van der Waals surface area (Å²) in [4.78, 5) is 0. The van der Waals surface area contributed by atoms with Gasteiger partial charge in [0.05, 0.1) is 0 Å². The number of halogens is 2. The summed E-state index contributed by atoms with van der Waals surface area (Å²) in [6.07, 6.45) is 0.742. The lowest BCUT2D eigenvalue weighted by Crippen LogP contribution is -2.04. The summed E-state index contributed by atoms with van der Waals surface area (Å²) < 4.78 is 6.86. The van der Waals surface area contributed by atoms with Crippen LogP contribution in [0.2, 0.25) is 5.02 Å². The second kappa shape index (κ2) is 6.23. The fourth-order valence-corrected chi connectivity index (χ4v) is 2.09. The van der Waals surface area contributed by atoms with Gasteiger partial charge in [-0.3, -0.25) is 0 Å². The largest absolute Gasteiger partial charge is 0.457 e. The van der Waals surface area contributed by atoms with Crippen molar-refractivity contribution in [2.45, 2.75) is 6.42 Å². The second-order valence-corrected chi connectivity index (χ2v) is 5.20. The van der Waals surface area contributed by atoms with Crippen LogP contribution in [0.3, 0.4) is 0 Å². The fraction of sp³-hybridized carbons (Fsp3) is 0.143. The van der Waals surface area contributed by atoms with Crippen molar-refractivity contribution in [3.63, 3.8) is 0 Å². The van der Waals surface area contributed by atoms with E-state index < -0.39 is 0 Å². The van der Waals surface area contributed by atoms with Gasteiger partial charge in [0.2, 0.25) is 0 Å². The van der Waals surface area contributed by atoms with Gasteiger partial charge >= 0.3 is 0 Å². The third-order valence-electron chi connectivity index (χ3n) is 2.48. The van der Waals surface area contributed by atoms with E-state index in [2.05, 4.69) is 15.9 Å². The third-order valence-corrected chi connectivity index (χ3v) is 3.24. The first kappa shape index (κ1) is 13.4. The zero-order chi connectivity index (χ0) is 13.0. The van der Waals surface area contributed by atoms with Crippen LogP contribution in [0, 0.1) is 0 Å². The Bertz CT molecular complexity index is 528. The van der Waals surface area contributed by atoms with E-state index in [1.54, 1.807) is 0 Å². The molecule has 0 fully saturated rings. The fourth-order valence-electron chi connectivity index (χ4n) is 1.63. The summed E-state index contributed by atoms with van der Waals surface area (Å²) in [7, 11) is 0. The Balaban J connectivity index is 2.25. The molecule has 0 radical (unpaired) electrons. The highest BCUT2D eigenvalue weighted by Gasteiger charge is 2.05. The summed E-state index contributed by atoms with van der Waals surface area (Å²) in [5, 5.41) is 0.696. The van der Waals surface area contributed by atoms with Crippen molar-refractivity contribution in [1.82, 2.24) is 0 Å². The molecular formula is C14H13BrClNO. The van der Waals surface area contributed by atoms with E-state index in [1.165, 1.54) is 0 Å². The average molecular weight is 327 g/mol. The molecule has 2 rings (SSSR count). The zero-order valence-corrected chi connectivity index (χ0v) is 12.0. The quantitative estimate of drug-likeness (QED) is 0.904. The highest BCUT2D eigenvalue weighted by Crippen LogP contribution is 2.28. The highest BCUT2D eigenvalue weighted by molar-refractivity contribution is 9.10. The van der Waals surface area contributed by atoms with Crippen molar-refractivity contribution in [2.75, 3.05) is 6.54 Å². The molecule has 0 saturated heterocycles. The van der Waals surface area contributed by atoms with Crippen molar-refractivity contribution in [3.05, 3.63) is 57.5 Å². The second-order valence-electron chi connectivity index (χ2n) is 3.85. The van der Waals surface area contributed by atoms with Crippen LogP contribution in [-0.2, 0) is 6.42 Å². The maximum atomic E-state index is 5.97. The van der Waals surface area contributed by atoms with E-state index in [9.17, 15) is 0 Å². The molecule has 0 saturated carbocycles. The summed E-state index contributed by atoms with van der Waals surface area (Å²) in [6.45, 7) is 0.567. The molecule has 0 spiro atoms. The van der Waals surface area contributed by atoms with Crippen LogP contribution in [-0.4, -0.2) is 6.54 Å². The van der Waals surface area contributed by atoms with Gasteiger partial charge in [-0.2, -0.15) is 0 Å². The molecule has 0 amide bonds. The van der Waals surface area contributed by atoms with Crippen LogP contribution in [0.25, 0.3) is 0 Å². The zero-order valence-electron chi connectivity index (χ0n) is 9.70. The van der Waals surface area contributed by atoms with E-state index in [-0.39, 0.29) is 0 Å². The molecule has 0 unspecified atom stereocenters. The molecule has 2 aromatic carbocycles. The monoisotopic (exact) mass is 325 g/mol. The summed E-state index contributed by atoms with van der Waals surface area (Å²) >= 11 is 9.36. The number of nitrogens with two attached hydrogens (primary N) is 1. The lowest BCUT2D eigenvalue weighted by Gasteiger charge is -2.11. The Labute approximate surface area is 120 Å².